The molecule has 0 aliphatic heterocycles. The number of nitrogens with zero attached hydrogens (tertiary/aromatic N) is 2. The Kier molecular flexibility index (Phi) is 3.75. The van der Waals surface area contributed by atoms with Crippen molar-refractivity contribution in [2.45, 2.75) is 56.7 Å². The molecule has 1 heterocycles. The highest BCUT2D eigenvalue weighted by molar-refractivity contribution is 5.82. The van der Waals surface area contributed by atoms with Crippen molar-refractivity contribution in [2.24, 2.45) is 0 Å². The molecule has 0 amide bonds. The van der Waals surface area contributed by atoms with E-state index in [0.717, 1.165) is 17.8 Å². The molecule has 2 aliphatic rings. The van der Waals surface area contributed by atoms with Gasteiger partial charge < -0.3 is 9.64 Å². The normalized spacial score (nSPS) is 25.5. The average molecular weight is 296 g/mol. The molecule has 0 N–H and O–H groups in total. The molecule has 2 fully saturated rings. The Morgan fingerprint density at radius 1 is 0.955 bits per heavy atom. The topological polar surface area (TPSA) is 25.4 Å². The molecule has 0 bridgehead atoms. The van der Waals surface area contributed by atoms with E-state index in [1.54, 1.807) is 0 Å². The summed E-state index contributed by atoms with van der Waals surface area (Å²) in [5, 5.41) is 2.37. The summed E-state index contributed by atoms with van der Waals surface area (Å²) in [6.45, 7) is 0. The van der Waals surface area contributed by atoms with Crippen LogP contribution in [0.25, 0.3) is 10.8 Å². The quantitative estimate of drug-likeness (QED) is 0.852. The van der Waals surface area contributed by atoms with Gasteiger partial charge in [0.25, 0.3) is 0 Å². The van der Waals surface area contributed by atoms with Crippen molar-refractivity contribution in [3.63, 3.8) is 0 Å². The lowest BCUT2D eigenvalue weighted by Crippen LogP contribution is -2.38. The Bertz CT molecular complexity index is 645. The predicted octanol–water partition coefficient (Wildman–Crippen LogP) is 4.02. The van der Waals surface area contributed by atoms with E-state index in [2.05, 4.69) is 35.1 Å². The lowest BCUT2D eigenvalue weighted by atomic mass is 9.92. The highest BCUT2D eigenvalue weighted by Crippen LogP contribution is 2.33. The van der Waals surface area contributed by atoms with Gasteiger partial charge in [0.1, 0.15) is 5.75 Å². The van der Waals surface area contributed by atoms with E-state index in [1.165, 1.54) is 49.3 Å². The molecule has 3 nitrogen and oxygen atoms in total. The molecular formula is C19H24N2O. The van der Waals surface area contributed by atoms with Crippen LogP contribution in [0.5, 0.6) is 5.75 Å². The minimum absolute atomic E-state index is 0.378. The fourth-order valence-corrected chi connectivity index (χ4v) is 3.68. The third-order valence-corrected chi connectivity index (χ3v) is 5.26. The van der Waals surface area contributed by atoms with E-state index < -0.39 is 0 Å². The summed E-state index contributed by atoms with van der Waals surface area (Å²) < 4.78 is 6.23. The number of pyridine rings is 1. The number of ether oxygens (including phenoxy) is 1. The van der Waals surface area contributed by atoms with Gasteiger partial charge in [0.05, 0.1) is 6.10 Å². The molecule has 2 aromatic rings. The minimum atomic E-state index is 0.378. The number of fused-ring (bicyclic) bond motifs is 1. The second-order valence-electron chi connectivity index (χ2n) is 6.83. The van der Waals surface area contributed by atoms with Crippen molar-refractivity contribution in [1.82, 2.24) is 9.88 Å². The standard InChI is InChI=1S/C19H24N2O/c1-21(16-3-4-16)17-5-8-18(9-6-17)22-19-7-2-15-13-20-11-10-14(15)12-19/h2,7,10-13,16-18H,3-6,8-9H2,1H3/t17-,18+. The van der Waals surface area contributed by atoms with Crippen LogP contribution in [0.2, 0.25) is 0 Å². The molecule has 2 saturated carbocycles. The Labute approximate surface area is 132 Å². The third kappa shape index (κ3) is 2.95. The summed E-state index contributed by atoms with van der Waals surface area (Å²) >= 11 is 0. The molecule has 0 atom stereocenters. The number of rotatable bonds is 4. The first-order valence-electron chi connectivity index (χ1n) is 8.52. The Hall–Kier alpha value is -1.61. The second-order valence-corrected chi connectivity index (χ2v) is 6.83. The van der Waals surface area contributed by atoms with E-state index in [1.807, 2.05) is 18.5 Å². The maximum absolute atomic E-state index is 6.23. The van der Waals surface area contributed by atoms with Crippen LogP contribution in [0, 0.1) is 0 Å². The Morgan fingerprint density at radius 3 is 2.41 bits per heavy atom. The van der Waals surface area contributed by atoms with Crippen molar-refractivity contribution >= 4 is 10.8 Å². The third-order valence-electron chi connectivity index (χ3n) is 5.26. The van der Waals surface area contributed by atoms with Gasteiger partial charge in [-0.2, -0.15) is 0 Å². The lowest BCUT2D eigenvalue weighted by Gasteiger charge is -2.34. The van der Waals surface area contributed by atoms with Gasteiger partial charge in [-0.15, -0.1) is 0 Å². The SMILES string of the molecule is CN(C1CC1)[C@H]1CC[C@@H](Oc2ccc3cnccc3c2)CC1. The zero-order valence-corrected chi connectivity index (χ0v) is 13.2. The summed E-state index contributed by atoms with van der Waals surface area (Å²) in [5.74, 6) is 0.998. The molecule has 4 rings (SSSR count). The van der Waals surface area contributed by atoms with Gasteiger partial charge in [-0.05, 0) is 75.2 Å². The van der Waals surface area contributed by atoms with Gasteiger partial charge in [0.15, 0.2) is 0 Å². The van der Waals surface area contributed by atoms with Crippen LogP contribution in [0.15, 0.2) is 36.7 Å². The summed E-state index contributed by atoms with van der Waals surface area (Å²) in [6, 6.07) is 10.0. The average Bonchev–Trinajstić information content (AvgIpc) is 3.40. The molecule has 1 aromatic heterocycles. The van der Waals surface area contributed by atoms with Crippen molar-refractivity contribution in [3.8, 4) is 5.75 Å². The van der Waals surface area contributed by atoms with E-state index in [9.17, 15) is 0 Å². The van der Waals surface area contributed by atoms with Crippen LogP contribution < -0.4 is 4.74 Å². The second kappa shape index (κ2) is 5.88. The summed E-state index contributed by atoms with van der Waals surface area (Å²) in [6.07, 6.45) is 11.8. The molecule has 116 valence electrons. The van der Waals surface area contributed by atoms with Crippen LogP contribution in [0.3, 0.4) is 0 Å². The maximum atomic E-state index is 6.23. The number of aromatic nitrogens is 1. The highest BCUT2D eigenvalue weighted by atomic mass is 16.5. The fraction of sp³-hybridized carbons (Fsp3) is 0.526. The van der Waals surface area contributed by atoms with Crippen LogP contribution in [0.1, 0.15) is 38.5 Å². The first-order chi connectivity index (χ1) is 10.8. The zero-order chi connectivity index (χ0) is 14.9. The molecule has 0 saturated heterocycles. The summed E-state index contributed by atoms with van der Waals surface area (Å²) in [4.78, 5) is 6.77. The van der Waals surface area contributed by atoms with E-state index in [4.69, 9.17) is 4.74 Å². The molecule has 3 heteroatoms. The van der Waals surface area contributed by atoms with Crippen LogP contribution in [-0.2, 0) is 0 Å². The highest BCUT2D eigenvalue weighted by Gasteiger charge is 2.33. The van der Waals surface area contributed by atoms with E-state index in [-0.39, 0.29) is 0 Å². The number of benzene rings is 1. The van der Waals surface area contributed by atoms with Crippen LogP contribution in [-0.4, -0.2) is 35.1 Å². The summed E-state index contributed by atoms with van der Waals surface area (Å²) in [5.41, 5.74) is 0. The molecule has 2 aliphatic carbocycles. The van der Waals surface area contributed by atoms with E-state index >= 15 is 0 Å². The van der Waals surface area contributed by atoms with Crippen molar-refractivity contribution < 1.29 is 4.74 Å². The van der Waals surface area contributed by atoms with Crippen molar-refractivity contribution in [1.29, 1.82) is 0 Å². The van der Waals surface area contributed by atoms with Gasteiger partial charge in [0.2, 0.25) is 0 Å². The zero-order valence-electron chi connectivity index (χ0n) is 13.2. The predicted molar refractivity (Wildman–Crippen MR) is 89.2 cm³/mol. The maximum Gasteiger partial charge on any atom is 0.120 e. The van der Waals surface area contributed by atoms with Crippen molar-refractivity contribution in [2.75, 3.05) is 7.05 Å². The molecule has 22 heavy (non-hydrogen) atoms. The monoisotopic (exact) mass is 296 g/mol. The van der Waals surface area contributed by atoms with Gasteiger partial charge in [-0.1, -0.05) is 0 Å². The number of hydrogen-bond donors (Lipinski definition) is 0. The molecule has 0 spiro atoms. The fourth-order valence-electron chi connectivity index (χ4n) is 3.68. The first kappa shape index (κ1) is 14.0. The largest absolute Gasteiger partial charge is 0.490 e. The molecular weight excluding hydrogens is 272 g/mol. The molecule has 1 aromatic carbocycles. The smallest absolute Gasteiger partial charge is 0.120 e. The van der Waals surface area contributed by atoms with Crippen LogP contribution >= 0.6 is 0 Å². The summed E-state index contributed by atoms with van der Waals surface area (Å²) in [7, 11) is 2.31. The Balaban J connectivity index is 1.37. The number of hydrogen-bond acceptors (Lipinski definition) is 3. The molecule has 0 radical (unpaired) electrons. The van der Waals surface area contributed by atoms with Gasteiger partial charge in [-0.3, -0.25) is 4.98 Å². The first-order valence-corrected chi connectivity index (χ1v) is 8.52. The van der Waals surface area contributed by atoms with Gasteiger partial charge in [-0.25, -0.2) is 0 Å². The Morgan fingerprint density at radius 2 is 1.68 bits per heavy atom. The minimum Gasteiger partial charge on any atom is -0.490 e. The van der Waals surface area contributed by atoms with Crippen LogP contribution in [0.4, 0.5) is 0 Å². The lowest BCUT2D eigenvalue weighted by molar-refractivity contribution is 0.0976. The molecule has 0 unspecified atom stereocenters. The van der Waals surface area contributed by atoms with Crippen molar-refractivity contribution in [3.05, 3.63) is 36.7 Å². The van der Waals surface area contributed by atoms with Gasteiger partial charge in [0, 0.05) is 29.9 Å². The van der Waals surface area contributed by atoms with E-state index in [0.29, 0.717) is 6.10 Å². The van der Waals surface area contributed by atoms with Gasteiger partial charge >= 0.3 is 0 Å².